The number of aromatic amines is 2. The molecule has 0 aromatic carbocycles. The minimum atomic E-state index is -0.656. The van der Waals surface area contributed by atoms with Crippen LogP contribution in [0.5, 0.6) is 0 Å². The second-order valence-corrected chi connectivity index (χ2v) is 6.49. The summed E-state index contributed by atoms with van der Waals surface area (Å²) >= 11 is 0. The number of pyridine rings is 1. The van der Waals surface area contributed by atoms with E-state index in [1.165, 1.54) is 4.90 Å². The van der Waals surface area contributed by atoms with Gasteiger partial charge in [-0.15, -0.1) is 0 Å². The quantitative estimate of drug-likeness (QED) is 0.730. The molecule has 0 spiro atoms. The standard InChI is InChI=1S/C15H21N5O3/c1-8-5-9(13(22)20(4)7-15(2,3)6-16)17-11-10(8)12(21)19-14(23)18-11/h5H,6-7,16H2,1-4H3,(H2,17,18,19,21,23). The van der Waals surface area contributed by atoms with Crippen LogP contribution in [0.25, 0.3) is 11.0 Å². The van der Waals surface area contributed by atoms with Gasteiger partial charge in [-0.2, -0.15) is 0 Å². The Kier molecular flexibility index (Phi) is 4.37. The topological polar surface area (TPSA) is 125 Å². The van der Waals surface area contributed by atoms with Gasteiger partial charge in [0.05, 0.1) is 5.39 Å². The summed E-state index contributed by atoms with van der Waals surface area (Å²) in [5, 5.41) is 0.270. The molecule has 0 fully saturated rings. The first-order chi connectivity index (χ1) is 10.6. The number of nitrogens with one attached hydrogen (secondary N) is 2. The molecule has 0 aliphatic rings. The molecule has 0 atom stereocenters. The van der Waals surface area contributed by atoms with Gasteiger partial charge >= 0.3 is 5.69 Å². The van der Waals surface area contributed by atoms with Crippen LogP contribution in [0.4, 0.5) is 0 Å². The number of aryl methyl sites for hydroxylation is 1. The Morgan fingerprint density at radius 3 is 2.61 bits per heavy atom. The number of H-pyrrole nitrogens is 2. The zero-order chi connectivity index (χ0) is 17.4. The molecule has 1 amide bonds. The van der Waals surface area contributed by atoms with Crippen molar-refractivity contribution in [2.45, 2.75) is 20.8 Å². The number of nitrogens with zero attached hydrogens (tertiary/aromatic N) is 2. The average Bonchev–Trinajstić information content (AvgIpc) is 2.44. The Balaban J connectivity index is 2.46. The number of fused-ring (bicyclic) bond motifs is 1. The maximum Gasteiger partial charge on any atom is 0.327 e. The van der Waals surface area contributed by atoms with Crippen LogP contribution >= 0.6 is 0 Å². The van der Waals surface area contributed by atoms with Crippen molar-refractivity contribution in [3.63, 3.8) is 0 Å². The molecule has 23 heavy (non-hydrogen) atoms. The van der Waals surface area contributed by atoms with Crippen molar-refractivity contribution in [1.29, 1.82) is 0 Å². The van der Waals surface area contributed by atoms with Crippen LogP contribution < -0.4 is 17.0 Å². The third-order valence-electron chi connectivity index (χ3n) is 3.69. The van der Waals surface area contributed by atoms with Crippen LogP contribution in [0.1, 0.15) is 29.9 Å². The highest BCUT2D eigenvalue weighted by Crippen LogP contribution is 2.17. The Labute approximate surface area is 132 Å². The van der Waals surface area contributed by atoms with Crippen molar-refractivity contribution in [2.75, 3.05) is 20.1 Å². The van der Waals surface area contributed by atoms with E-state index in [0.29, 0.717) is 18.7 Å². The molecular weight excluding hydrogens is 298 g/mol. The Morgan fingerprint density at radius 2 is 2.00 bits per heavy atom. The maximum atomic E-state index is 12.5. The lowest BCUT2D eigenvalue weighted by molar-refractivity contribution is 0.0735. The minimum Gasteiger partial charge on any atom is -0.340 e. The number of hydrogen-bond donors (Lipinski definition) is 3. The second-order valence-electron chi connectivity index (χ2n) is 6.49. The molecule has 0 saturated heterocycles. The van der Waals surface area contributed by atoms with E-state index >= 15 is 0 Å². The molecule has 0 radical (unpaired) electrons. The fraction of sp³-hybridized carbons (Fsp3) is 0.467. The van der Waals surface area contributed by atoms with E-state index in [4.69, 9.17) is 5.73 Å². The first kappa shape index (κ1) is 16.9. The van der Waals surface area contributed by atoms with E-state index in [1.54, 1.807) is 20.0 Å². The van der Waals surface area contributed by atoms with Crippen molar-refractivity contribution in [1.82, 2.24) is 19.9 Å². The van der Waals surface area contributed by atoms with Crippen LogP contribution in [0.2, 0.25) is 0 Å². The van der Waals surface area contributed by atoms with Gasteiger partial charge in [-0.3, -0.25) is 19.6 Å². The van der Waals surface area contributed by atoms with Gasteiger partial charge in [0.2, 0.25) is 0 Å². The van der Waals surface area contributed by atoms with E-state index < -0.39 is 11.2 Å². The molecule has 2 aromatic heterocycles. The lowest BCUT2D eigenvalue weighted by Gasteiger charge is -2.28. The second kappa shape index (κ2) is 5.96. The third-order valence-corrected chi connectivity index (χ3v) is 3.69. The van der Waals surface area contributed by atoms with Crippen LogP contribution in [-0.2, 0) is 0 Å². The van der Waals surface area contributed by atoms with E-state index in [9.17, 15) is 14.4 Å². The highest BCUT2D eigenvalue weighted by Gasteiger charge is 2.23. The van der Waals surface area contributed by atoms with Gasteiger partial charge in [0, 0.05) is 13.6 Å². The summed E-state index contributed by atoms with van der Waals surface area (Å²) in [5.41, 5.74) is 5.14. The van der Waals surface area contributed by atoms with Gasteiger partial charge in [-0.25, -0.2) is 9.78 Å². The lowest BCUT2D eigenvalue weighted by Crippen LogP contribution is -2.40. The van der Waals surface area contributed by atoms with Crippen molar-refractivity contribution in [2.24, 2.45) is 11.1 Å². The minimum absolute atomic E-state index is 0.105. The molecule has 2 aromatic rings. The van der Waals surface area contributed by atoms with Gasteiger partial charge in [0.1, 0.15) is 11.3 Å². The molecule has 0 aliphatic heterocycles. The summed E-state index contributed by atoms with van der Waals surface area (Å²) < 4.78 is 0. The fourth-order valence-corrected chi connectivity index (χ4v) is 2.44. The summed E-state index contributed by atoms with van der Waals surface area (Å²) in [6, 6.07) is 1.55. The number of hydrogen-bond acceptors (Lipinski definition) is 5. The van der Waals surface area contributed by atoms with Crippen molar-refractivity contribution >= 4 is 16.9 Å². The number of carbonyl (C=O) groups excluding carboxylic acids is 1. The predicted octanol–water partition coefficient (Wildman–Crippen LogP) is -0.0233. The smallest absolute Gasteiger partial charge is 0.327 e. The Hall–Kier alpha value is -2.48. The molecule has 8 heteroatoms. The fourth-order valence-electron chi connectivity index (χ4n) is 2.44. The van der Waals surface area contributed by atoms with Crippen molar-refractivity contribution in [3.8, 4) is 0 Å². The van der Waals surface area contributed by atoms with Gasteiger partial charge in [0.25, 0.3) is 11.5 Å². The van der Waals surface area contributed by atoms with Gasteiger partial charge in [-0.05, 0) is 30.5 Å². The largest absolute Gasteiger partial charge is 0.340 e. The number of aromatic nitrogens is 3. The Morgan fingerprint density at radius 1 is 1.35 bits per heavy atom. The summed E-state index contributed by atoms with van der Waals surface area (Å²) in [4.78, 5) is 46.1. The van der Waals surface area contributed by atoms with E-state index in [0.717, 1.165) is 0 Å². The van der Waals surface area contributed by atoms with Crippen molar-refractivity contribution < 1.29 is 4.79 Å². The summed E-state index contributed by atoms with van der Waals surface area (Å²) in [6.45, 7) is 6.53. The monoisotopic (exact) mass is 319 g/mol. The van der Waals surface area contributed by atoms with E-state index in [-0.39, 0.29) is 28.0 Å². The molecule has 4 N–H and O–H groups in total. The Bertz CT molecular complexity index is 866. The molecular formula is C15H21N5O3. The van der Waals surface area contributed by atoms with Crippen LogP contribution in [0.15, 0.2) is 15.7 Å². The predicted molar refractivity (Wildman–Crippen MR) is 87.5 cm³/mol. The van der Waals surface area contributed by atoms with Gasteiger partial charge < -0.3 is 10.6 Å². The summed E-state index contributed by atoms with van der Waals surface area (Å²) in [5.74, 6) is -0.294. The maximum absolute atomic E-state index is 12.5. The highest BCUT2D eigenvalue weighted by atomic mass is 16.2. The van der Waals surface area contributed by atoms with Gasteiger partial charge in [0.15, 0.2) is 0 Å². The zero-order valence-corrected chi connectivity index (χ0v) is 13.7. The normalized spacial score (nSPS) is 11.7. The summed E-state index contributed by atoms with van der Waals surface area (Å²) in [6.07, 6.45) is 0. The number of amides is 1. The molecule has 8 nitrogen and oxygen atoms in total. The lowest BCUT2D eigenvalue weighted by atomic mass is 9.93. The molecule has 0 unspecified atom stereocenters. The van der Waals surface area contributed by atoms with Crippen molar-refractivity contribution in [3.05, 3.63) is 38.2 Å². The van der Waals surface area contributed by atoms with Crippen LogP contribution in [0, 0.1) is 12.3 Å². The third kappa shape index (κ3) is 3.48. The molecule has 2 rings (SSSR count). The molecule has 2 heterocycles. The number of rotatable bonds is 4. The SMILES string of the molecule is Cc1cc(C(=O)N(C)CC(C)(C)CN)nc2[nH]c(=O)[nH]c(=O)c12. The van der Waals surface area contributed by atoms with E-state index in [2.05, 4.69) is 15.0 Å². The molecule has 0 saturated carbocycles. The molecule has 0 bridgehead atoms. The number of carbonyl (C=O) groups is 1. The first-order valence-corrected chi connectivity index (χ1v) is 7.24. The van der Waals surface area contributed by atoms with E-state index in [1.807, 2.05) is 13.8 Å². The molecule has 124 valence electrons. The highest BCUT2D eigenvalue weighted by molar-refractivity contribution is 5.95. The summed E-state index contributed by atoms with van der Waals surface area (Å²) in [7, 11) is 1.67. The van der Waals surface area contributed by atoms with Crippen LogP contribution in [0.3, 0.4) is 0 Å². The number of nitrogens with two attached hydrogens (primary N) is 1. The van der Waals surface area contributed by atoms with Gasteiger partial charge in [-0.1, -0.05) is 13.8 Å². The average molecular weight is 319 g/mol. The first-order valence-electron chi connectivity index (χ1n) is 7.24. The molecule has 0 aliphatic carbocycles. The zero-order valence-electron chi connectivity index (χ0n) is 13.7. The van der Waals surface area contributed by atoms with Crippen LogP contribution in [-0.4, -0.2) is 45.9 Å².